The normalized spacial score (nSPS) is 16.9. The van der Waals surface area contributed by atoms with Crippen LogP contribution in [0.3, 0.4) is 0 Å². The molecule has 1 aromatic carbocycles. The predicted molar refractivity (Wildman–Crippen MR) is 57.6 cm³/mol. The second-order valence-corrected chi connectivity index (χ2v) is 4.23. The molecular formula is C12H14F3NO. The molecule has 0 atom stereocenters. The Bertz CT molecular complexity index is 399. The minimum atomic E-state index is -4.28. The lowest BCUT2D eigenvalue weighted by atomic mass is 10.1. The van der Waals surface area contributed by atoms with Gasteiger partial charge in [-0.3, -0.25) is 0 Å². The van der Waals surface area contributed by atoms with Crippen molar-refractivity contribution in [2.24, 2.45) is 0 Å². The third-order valence-electron chi connectivity index (χ3n) is 2.89. The van der Waals surface area contributed by atoms with Crippen LogP contribution in [0.1, 0.15) is 16.7 Å². The molecule has 0 spiro atoms. The second-order valence-electron chi connectivity index (χ2n) is 4.23. The lowest BCUT2D eigenvalue weighted by molar-refractivity contribution is -0.137. The molecule has 1 aliphatic heterocycles. The van der Waals surface area contributed by atoms with Gasteiger partial charge in [0.05, 0.1) is 18.3 Å². The van der Waals surface area contributed by atoms with Gasteiger partial charge < -0.3 is 10.1 Å². The van der Waals surface area contributed by atoms with E-state index in [1.54, 1.807) is 6.92 Å². The molecule has 0 saturated carbocycles. The van der Waals surface area contributed by atoms with E-state index in [0.29, 0.717) is 12.2 Å². The summed E-state index contributed by atoms with van der Waals surface area (Å²) >= 11 is 0. The highest BCUT2D eigenvalue weighted by atomic mass is 19.4. The zero-order valence-corrected chi connectivity index (χ0v) is 9.47. The summed E-state index contributed by atoms with van der Waals surface area (Å²) in [6.07, 6.45) is -4.08. The second kappa shape index (κ2) is 4.66. The molecule has 0 radical (unpaired) electrons. The van der Waals surface area contributed by atoms with Crippen molar-refractivity contribution in [3.05, 3.63) is 34.9 Å². The molecule has 0 unspecified atom stereocenters. The molecule has 1 aromatic rings. The monoisotopic (exact) mass is 245 g/mol. The van der Waals surface area contributed by atoms with Gasteiger partial charge in [0, 0.05) is 13.1 Å². The molecule has 1 fully saturated rings. The van der Waals surface area contributed by atoms with E-state index < -0.39 is 11.7 Å². The zero-order chi connectivity index (χ0) is 12.5. The van der Waals surface area contributed by atoms with Crippen LogP contribution >= 0.6 is 0 Å². The Hall–Kier alpha value is -1.07. The van der Waals surface area contributed by atoms with Gasteiger partial charge in [0.2, 0.25) is 0 Å². The molecule has 0 aromatic heterocycles. The zero-order valence-electron chi connectivity index (χ0n) is 9.47. The molecule has 2 rings (SSSR count). The summed E-state index contributed by atoms with van der Waals surface area (Å²) in [5.74, 6) is 0. The van der Waals surface area contributed by atoms with E-state index in [4.69, 9.17) is 4.74 Å². The van der Waals surface area contributed by atoms with Crippen LogP contribution in [0.5, 0.6) is 0 Å². The lowest BCUT2D eigenvalue weighted by Crippen LogP contribution is -2.48. The molecule has 1 saturated heterocycles. The SMILES string of the molecule is Cc1cc(C(F)(F)F)ccc1COC1CNC1. The van der Waals surface area contributed by atoms with Crippen LogP contribution in [0.25, 0.3) is 0 Å². The molecule has 94 valence electrons. The first-order valence-electron chi connectivity index (χ1n) is 5.46. The van der Waals surface area contributed by atoms with Crippen molar-refractivity contribution in [2.45, 2.75) is 25.8 Å². The van der Waals surface area contributed by atoms with Crippen LogP contribution in [0, 0.1) is 6.92 Å². The van der Waals surface area contributed by atoms with Crippen LogP contribution in [-0.2, 0) is 17.5 Å². The Balaban J connectivity index is 2.03. The molecule has 0 aliphatic carbocycles. The van der Waals surface area contributed by atoms with Crippen molar-refractivity contribution in [3.63, 3.8) is 0 Å². The number of halogens is 3. The third-order valence-corrected chi connectivity index (χ3v) is 2.89. The van der Waals surface area contributed by atoms with Crippen molar-refractivity contribution in [1.29, 1.82) is 0 Å². The van der Waals surface area contributed by atoms with Crippen molar-refractivity contribution >= 4 is 0 Å². The minimum absolute atomic E-state index is 0.191. The Morgan fingerprint density at radius 1 is 1.35 bits per heavy atom. The molecule has 17 heavy (non-hydrogen) atoms. The molecule has 1 N–H and O–H groups in total. The van der Waals surface area contributed by atoms with E-state index in [-0.39, 0.29) is 6.10 Å². The van der Waals surface area contributed by atoms with Crippen LogP contribution in [0.15, 0.2) is 18.2 Å². The van der Waals surface area contributed by atoms with Gasteiger partial charge in [0.1, 0.15) is 0 Å². The summed E-state index contributed by atoms with van der Waals surface area (Å²) < 4.78 is 42.8. The molecule has 0 bridgehead atoms. The Morgan fingerprint density at radius 2 is 2.06 bits per heavy atom. The predicted octanol–water partition coefficient (Wildman–Crippen LogP) is 2.50. The van der Waals surface area contributed by atoms with Gasteiger partial charge in [-0.2, -0.15) is 13.2 Å². The quantitative estimate of drug-likeness (QED) is 0.883. The fourth-order valence-electron chi connectivity index (χ4n) is 1.62. The molecule has 1 aliphatic rings. The fraction of sp³-hybridized carbons (Fsp3) is 0.500. The van der Waals surface area contributed by atoms with E-state index in [0.717, 1.165) is 30.8 Å². The number of rotatable bonds is 3. The molecule has 2 nitrogen and oxygen atoms in total. The number of hydrogen-bond donors (Lipinski definition) is 1. The van der Waals surface area contributed by atoms with Gasteiger partial charge >= 0.3 is 6.18 Å². The Labute approximate surface area is 97.8 Å². The van der Waals surface area contributed by atoms with Gasteiger partial charge in [-0.1, -0.05) is 6.07 Å². The lowest BCUT2D eigenvalue weighted by Gasteiger charge is -2.27. The molecule has 1 heterocycles. The number of ether oxygens (including phenoxy) is 1. The minimum Gasteiger partial charge on any atom is -0.371 e. The fourth-order valence-corrected chi connectivity index (χ4v) is 1.62. The van der Waals surface area contributed by atoms with Gasteiger partial charge in [0.15, 0.2) is 0 Å². The molecule has 0 amide bonds. The van der Waals surface area contributed by atoms with Crippen LogP contribution in [0.4, 0.5) is 13.2 Å². The first kappa shape index (κ1) is 12.4. The average Bonchev–Trinajstić information content (AvgIpc) is 2.16. The van der Waals surface area contributed by atoms with Crippen molar-refractivity contribution < 1.29 is 17.9 Å². The maximum Gasteiger partial charge on any atom is 0.416 e. The van der Waals surface area contributed by atoms with E-state index in [1.807, 2.05) is 0 Å². The summed E-state index contributed by atoms with van der Waals surface area (Å²) in [5, 5.41) is 3.07. The molecular weight excluding hydrogens is 231 g/mol. The van der Waals surface area contributed by atoms with E-state index >= 15 is 0 Å². The Kier molecular flexibility index (Phi) is 3.40. The van der Waals surface area contributed by atoms with Crippen LogP contribution in [-0.4, -0.2) is 19.2 Å². The van der Waals surface area contributed by atoms with E-state index in [9.17, 15) is 13.2 Å². The van der Waals surface area contributed by atoms with Gasteiger partial charge in [-0.05, 0) is 30.2 Å². The van der Waals surface area contributed by atoms with Crippen molar-refractivity contribution in [2.75, 3.05) is 13.1 Å². The number of nitrogens with one attached hydrogen (secondary N) is 1. The highest BCUT2D eigenvalue weighted by molar-refractivity contribution is 5.32. The third kappa shape index (κ3) is 2.98. The number of aryl methyl sites for hydroxylation is 1. The standard InChI is InChI=1S/C12H14F3NO/c1-8-4-10(12(13,14)15)3-2-9(8)7-17-11-5-16-6-11/h2-4,11,16H,5-7H2,1H3. The van der Waals surface area contributed by atoms with Crippen LogP contribution in [0.2, 0.25) is 0 Å². The number of benzene rings is 1. The number of alkyl halides is 3. The van der Waals surface area contributed by atoms with Gasteiger partial charge in [-0.25, -0.2) is 0 Å². The maximum absolute atomic E-state index is 12.4. The highest BCUT2D eigenvalue weighted by Crippen LogP contribution is 2.30. The van der Waals surface area contributed by atoms with Gasteiger partial charge in [0.25, 0.3) is 0 Å². The first-order valence-corrected chi connectivity index (χ1v) is 5.46. The van der Waals surface area contributed by atoms with Crippen molar-refractivity contribution in [3.8, 4) is 0 Å². The summed E-state index contributed by atoms with van der Waals surface area (Å²) in [6, 6.07) is 3.76. The topological polar surface area (TPSA) is 21.3 Å². The smallest absolute Gasteiger partial charge is 0.371 e. The van der Waals surface area contributed by atoms with E-state index in [1.165, 1.54) is 6.07 Å². The highest BCUT2D eigenvalue weighted by Gasteiger charge is 2.30. The summed E-state index contributed by atoms with van der Waals surface area (Å²) in [5.41, 5.74) is 0.820. The number of hydrogen-bond acceptors (Lipinski definition) is 2. The van der Waals surface area contributed by atoms with Crippen LogP contribution < -0.4 is 5.32 Å². The molecule has 5 heteroatoms. The first-order chi connectivity index (χ1) is 7.97. The summed E-state index contributed by atoms with van der Waals surface area (Å²) in [6.45, 7) is 3.68. The summed E-state index contributed by atoms with van der Waals surface area (Å²) in [4.78, 5) is 0. The van der Waals surface area contributed by atoms with E-state index in [2.05, 4.69) is 5.32 Å². The van der Waals surface area contributed by atoms with Gasteiger partial charge in [-0.15, -0.1) is 0 Å². The van der Waals surface area contributed by atoms with Crippen molar-refractivity contribution in [1.82, 2.24) is 5.32 Å². The Morgan fingerprint density at radius 3 is 2.53 bits per heavy atom. The summed E-state index contributed by atoms with van der Waals surface area (Å²) in [7, 11) is 0. The average molecular weight is 245 g/mol. The maximum atomic E-state index is 12.4. The largest absolute Gasteiger partial charge is 0.416 e.